The van der Waals surface area contributed by atoms with Crippen LogP contribution in [0.25, 0.3) is 0 Å². The minimum Gasteiger partial charge on any atom is -0.465 e. The zero-order valence-electron chi connectivity index (χ0n) is 23.5. The Morgan fingerprint density at radius 3 is 1.47 bits per heavy atom. The third-order valence-corrected chi connectivity index (χ3v) is 5.48. The van der Waals surface area contributed by atoms with Crippen molar-refractivity contribution in [2.24, 2.45) is 5.41 Å². The van der Waals surface area contributed by atoms with E-state index < -0.39 is 29.3 Å². The lowest BCUT2D eigenvalue weighted by Gasteiger charge is -2.31. The maximum absolute atomic E-state index is 12.4. The molecule has 11 nitrogen and oxygen atoms in total. The van der Waals surface area contributed by atoms with Crippen LogP contribution < -0.4 is 16.0 Å². The highest BCUT2D eigenvalue weighted by Crippen LogP contribution is 2.25. The summed E-state index contributed by atoms with van der Waals surface area (Å²) < 4.78 is 21.4. The predicted octanol–water partition coefficient (Wildman–Crippen LogP) is 1.51. The summed E-state index contributed by atoms with van der Waals surface area (Å²) in [4.78, 5) is 48.0. The van der Waals surface area contributed by atoms with Gasteiger partial charge in [0.25, 0.3) is 0 Å². The van der Waals surface area contributed by atoms with E-state index in [4.69, 9.17) is 18.9 Å². The standard InChI is InChI=1S/C27H47N3O8/c1-8-23(31)35-16-22(7)30-15-12-26(34)38-19-27(9-2,17-36-24(32)10-13-28-20(3)4)18-37-25(33)11-14-29-21(5)6/h8,20-22,28-30H,1,3,5,9-19H2,2,4,6-7H3. The summed E-state index contributed by atoms with van der Waals surface area (Å²) >= 11 is 0. The first kappa shape index (κ1) is 35.5. The fourth-order valence-corrected chi connectivity index (χ4v) is 2.94. The first-order valence-electron chi connectivity index (χ1n) is 13.1. The number of hydrogen-bond donors (Lipinski definition) is 3. The van der Waals surface area contributed by atoms with E-state index in [1.54, 1.807) is 0 Å². The first-order valence-corrected chi connectivity index (χ1v) is 13.1. The van der Waals surface area contributed by atoms with Crippen molar-refractivity contribution >= 4 is 23.9 Å². The molecule has 11 heteroatoms. The van der Waals surface area contributed by atoms with Crippen LogP contribution in [0.3, 0.4) is 0 Å². The highest BCUT2D eigenvalue weighted by molar-refractivity contribution is 5.81. The minimum atomic E-state index is -0.888. The molecular weight excluding hydrogens is 494 g/mol. The van der Waals surface area contributed by atoms with Gasteiger partial charge in [0, 0.05) is 43.8 Å². The Bertz CT molecular complexity index is 697. The van der Waals surface area contributed by atoms with Gasteiger partial charge in [0.2, 0.25) is 0 Å². The van der Waals surface area contributed by atoms with E-state index >= 15 is 0 Å². The van der Waals surface area contributed by atoms with E-state index in [-0.39, 0.29) is 63.8 Å². The summed E-state index contributed by atoms with van der Waals surface area (Å²) in [6.45, 7) is 19.4. The second-order valence-electron chi connectivity index (χ2n) is 9.49. The van der Waals surface area contributed by atoms with Crippen LogP contribution in [-0.4, -0.2) is 88.1 Å². The molecule has 0 saturated carbocycles. The zero-order valence-corrected chi connectivity index (χ0v) is 23.5. The Labute approximate surface area is 227 Å². The Balaban J connectivity index is 4.88. The number of carbonyl (C=O) groups is 4. The van der Waals surface area contributed by atoms with Crippen LogP contribution in [-0.2, 0) is 38.1 Å². The molecule has 0 rings (SSSR count). The Hall–Kier alpha value is -2.50. The van der Waals surface area contributed by atoms with Gasteiger partial charge in [0.15, 0.2) is 0 Å². The highest BCUT2D eigenvalue weighted by atomic mass is 16.6. The number of carbonyl (C=O) groups excluding carboxylic acids is 4. The van der Waals surface area contributed by atoms with Gasteiger partial charge in [-0.05, 0) is 41.0 Å². The molecule has 0 aliphatic carbocycles. The maximum Gasteiger partial charge on any atom is 0.330 e. The van der Waals surface area contributed by atoms with Crippen LogP contribution in [0.1, 0.15) is 53.4 Å². The van der Waals surface area contributed by atoms with Crippen LogP contribution in [0.2, 0.25) is 0 Å². The molecule has 0 amide bonds. The van der Waals surface area contributed by atoms with Crippen molar-refractivity contribution in [2.45, 2.75) is 71.5 Å². The molecule has 0 aliphatic heterocycles. The molecule has 0 aromatic carbocycles. The molecule has 0 saturated heterocycles. The molecule has 3 unspecified atom stereocenters. The molecule has 38 heavy (non-hydrogen) atoms. The summed E-state index contributed by atoms with van der Waals surface area (Å²) in [5, 5.41) is 9.15. The predicted molar refractivity (Wildman–Crippen MR) is 144 cm³/mol. The van der Waals surface area contributed by atoms with Gasteiger partial charge in [-0.1, -0.05) is 13.5 Å². The summed E-state index contributed by atoms with van der Waals surface area (Å²) in [6.07, 6.45) is 1.90. The molecule has 0 aliphatic rings. The Morgan fingerprint density at radius 2 is 1.13 bits per heavy atom. The topological polar surface area (TPSA) is 141 Å². The van der Waals surface area contributed by atoms with Crippen molar-refractivity contribution in [1.29, 1.82) is 0 Å². The van der Waals surface area contributed by atoms with Crippen LogP contribution in [0.5, 0.6) is 0 Å². The second kappa shape index (κ2) is 20.5. The average molecular weight is 542 g/mol. The Morgan fingerprint density at radius 1 is 0.737 bits per heavy atom. The van der Waals surface area contributed by atoms with Gasteiger partial charge in [-0.3, -0.25) is 14.4 Å². The summed E-state index contributed by atoms with van der Waals surface area (Å²) in [7, 11) is 0. The molecule has 0 fully saturated rings. The van der Waals surface area contributed by atoms with Crippen LogP contribution in [0.4, 0.5) is 0 Å². The van der Waals surface area contributed by atoms with Gasteiger partial charge in [-0.25, -0.2) is 4.79 Å². The van der Waals surface area contributed by atoms with E-state index in [0.29, 0.717) is 26.1 Å². The number of esters is 4. The summed E-state index contributed by atoms with van der Waals surface area (Å²) in [6, 6.07) is -0.170. The number of hydrogen-bond acceptors (Lipinski definition) is 11. The van der Waals surface area contributed by atoms with Gasteiger partial charge < -0.3 is 34.9 Å². The third-order valence-electron chi connectivity index (χ3n) is 5.48. The van der Waals surface area contributed by atoms with Crippen LogP contribution in [0, 0.1) is 19.3 Å². The van der Waals surface area contributed by atoms with Crippen molar-refractivity contribution in [3.05, 3.63) is 26.5 Å². The van der Waals surface area contributed by atoms with Gasteiger partial charge >= 0.3 is 23.9 Å². The molecule has 0 aromatic heterocycles. The molecule has 3 atom stereocenters. The van der Waals surface area contributed by atoms with Crippen molar-refractivity contribution in [1.82, 2.24) is 16.0 Å². The average Bonchev–Trinajstić information content (AvgIpc) is 2.86. The quantitative estimate of drug-likeness (QED) is 0.104. The van der Waals surface area contributed by atoms with Gasteiger partial charge in [-0.15, -0.1) is 0 Å². The monoisotopic (exact) mass is 541 g/mol. The normalized spacial score (nSPS) is 12.2. The number of nitrogens with one attached hydrogen (secondary N) is 3. The van der Waals surface area contributed by atoms with Crippen molar-refractivity contribution in [3.8, 4) is 0 Å². The number of ether oxygens (including phenoxy) is 4. The lowest BCUT2D eigenvalue weighted by atomic mass is 9.88. The number of rotatable bonds is 22. The molecule has 218 valence electrons. The van der Waals surface area contributed by atoms with E-state index in [9.17, 15) is 19.2 Å². The second-order valence-corrected chi connectivity index (χ2v) is 9.49. The van der Waals surface area contributed by atoms with E-state index in [2.05, 4.69) is 36.4 Å². The van der Waals surface area contributed by atoms with Gasteiger partial charge in [-0.2, -0.15) is 0 Å². The third kappa shape index (κ3) is 18.7. The lowest BCUT2D eigenvalue weighted by Crippen LogP contribution is -2.40. The SMILES string of the molecule is [CH2]C(C)NCCC(=O)OCC(CC)(COC(=O)CCNC([CH2])C)COC(=O)CCNC(C)COC(=O)C=C. The largest absolute Gasteiger partial charge is 0.465 e. The molecule has 0 aromatic rings. The molecule has 0 heterocycles. The smallest absolute Gasteiger partial charge is 0.330 e. The lowest BCUT2D eigenvalue weighted by molar-refractivity contribution is -0.162. The van der Waals surface area contributed by atoms with Crippen LogP contribution >= 0.6 is 0 Å². The molecule has 0 spiro atoms. The molecule has 2 radical (unpaired) electrons. The molecule has 3 N–H and O–H groups in total. The summed E-state index contributed by atoms with van der Waals surface area (Å²) in [5.74, 6) is -1.82. The van der Waals surface area contributed by atoms with Crippen molar-refractivity contribution in [3.63, 3.8) is 0 Å². The maximum atomic E-state index is 12.4. The molecule has 0 bridgehead atoms. The fraction of sp³-hybridized carbons (Fsp3) is 0.704. The zero-order chi connectivity index (χ0) is 29.0. The minimum absolute atomic E-state index is 0.00281. The van der Waals surface area contributed by atoms with Crippen LogP contribution in [0.15, 0.2) is 12.7 Å². The van der Waals surface area contributed by atoms with E-state index in [1.807, 2.05) is 27.7 Å². The first-order chi connectivity index (χ1) is 17.9. The van der Waals surface area contributed by atoms with Crippen molar-refractivity contribution in [2.75, 3.05) is 46.1 Å². The fourth-order valence-electron chi connectivity index (χ4n) is 2.94. The van der Waals surface area contributed by atoms with E-state index in [1.165, 1.54) is 0 Å². The van der Waals surface area contributed by atoms with Gasteiger partial charge in [0.1, 0.15) is 26.4 Å². The summed E-state index contributed by atoms with van der Waals surface area (Å²) in [5.41, 5.74) is -0.888. The van der Waals surface area contributed by atoms with Crippen molar-refractivity contribution < 1.29 is 38.1 Å². The van der Waals surface area contributed by atoms with Gasteiger partial charge in [0.05, 0.1) is 24.7 Å². The van der Waals surface area contributed by atoms with E-state index in [0.717, 1.165) is 6.08 Å². The Kier molecular flexibility index (Phi) is 19.1. The highest BCUT2D eigenvalue weighted by Gasteiger charge is 2.34. The molecular formula is C27H47N3O8.